The van der Waals surface area contributed by atoms with Crippen LogP contribution in [0, 0.1) is 16.0 Å². The first kappa shape index (κ1) is 13.5. The minimum absolute atomic E-state index is 0.0589. The molecule has 1 aromatic rings. The lowest BCUT2D eigenvalue weighted by Crippen LogP contribution is -2.34. The lowest BCUT2D eigenvalue weighted by molar-refractivity contribution is -0.389. The number of hydrogen-bond donors (Lipinski definition) is 2. The summed E-state index contributed by atoms with van der Waals surface area (Å²) in [6.07, 6.45) is 3.72. The molecule has 2 rings (SSSR count). The Kier molecular flexibility index (Phi) is 4.10. The van der Waals surface area contributed by atoms with Crippen LogP contribution in [0.25, 0.3) is 0 Å². The molecule has 1 aliphatic carbocycles. The van der Waals surface area contributed by atoms with Gasteiger partial charge < -0.3 is 20.5 Å². The van der Waals surface area contributed by atoms with Gasteiger partial charge in [0.1, 0.15) is 6.54 Å². The largest absolute Gasteiger partial charge is 0.393 e. The maximum absolute atomic E-state index is 11.6. The van der Waals surface area contributed by atoms with Gasteiger partial charge in [-0.2, -0.15) is 4.68 Å². The standard InChI is InChI=1S/C11H16N4O4/c16-9-3-1-2-8(9)6-12-11(17)7-14-5-4-10(13-14)15(18)19/h4-5,8-9,16H,1-3,6-7H2,(H,12,17). The summed E-state index contributed by atoms with van der Waals surface area (Å²) in [7, 11) is 0. The number of carbonyl (C=O) groups is 1. The van der Waals surface area contributed by atoms with Crippen molar-refractivity contribution in [2.45, 2.75) is 31.9 Å². The van der Waals surface area contributed by atoms with Gasteiger partial charge in [-0.05, 0) is 17.8 Å². The van der Waals surface area contributed by atoms with Crippen LogP contribution in [0.3, 0.4) is 0 Å². The first-order valence-electron chi connectivity index (χ1n) is 6.19. The lowest BCUT2D eigenvalue weighted by Gasteiger charge is -2.14. The van der Waals surface area contributed by atoms with E-state index in [9.17, 15) is 20.0 Å². The molecule has 0 aliphatic heterocycles. The number of nitro groups is 1. The highest BCUT2D eigenvalue weighted by Crippen LogP contribution is 2.24. The van der Waals surface area contributed by atoms with Gasteiger partial charge in [-0.15, -0.1) is 0 Å². The second-order valence-electron chi connectivity index (χ2n) is 4.69. The molecule has 0 saturated heterocycles. The van der Waals surface area contributed by atoms with Crippen molar-refractivity contribution < 1.29 is 14.8 Å². The maximum atomic E-state index is 11.6. The van der Waals surface area contributed by atoms with Crippen LogP contribution in [0.1, 0.15) is 19.3 Å². The van der Waals surface area contributed by atoms with Crippen LogP contribution in [0.4, 0.5) is 5.82 Å². The highest BCUT2D eigenvalue weighted by molar-refractivity contribution is 5.75. The highest BCUT2D eigenvalue weighted by Gasteiger charge is 2.25. The minimum atomic E-state index is -0.608. The van der Waals surface area contributed by atoms with Crippen molar-refractivity contribution in [3.63, 3.8) is 0 Å². The Labute approximate surface area is 109 Å². The number of amides is 1. The average molecular weight is 268 g/mol. The summed E-state index contributed by atoms with van der Waals surface area (Å²) in [5.41, 5.74) is 0. The molecule has 0 spiro atoms. The smallest absolute Gasteiger partial charge is 0.389 e. The van der Waals surface area contributed by atoms with Gasteiger partial charge in [0, 0.05) is 12.5 Å². The normalized spacial score (nSPS) is 22.4. The quantitative estimate of drug-likeness (QED) is 0.580. The Morgan fingerprint density at radius 3 is 3.00 bits per heavy atom. The summed E-state index contributed by atoms with van der Waals surface area (Å²) >= 11 is 0. The number of nitrogens with zero attached hydrogens (tertiary/aromatic N) is 3. The van der Waals surface area contributed by atoms with E-state index in [2.05, 4.69) is 10.4 Å². The molecule has 1 saturated carbocycles. The van der Waals surface area contributed by atoms with Gasteiger partial charge in [0.25, 0.3) is 0 Å². The number of nitrogens with one attached hydrogen (secondary N) is 1. The Morgan fingerprint density at radius 1 is 1.63 bits per heavy atom. The average Bonchev–Trinajstić information content (AvgIpc) is 2.96. The molecule has 1 aliphatic rings. The number of aliphatic hydroxyl groups excluding tert-OH is 1. The third-order valence-corrected chi connectivity index (χ3v) is 3.30. The van der Waals surface area contributed by atoms with E-state index in [1.54, 1.807) is 0 Å². The lowest BCUT2D eigenvalue weighted by atomic mass is 10.1. The fraction of sp³-hybridized carbons (Fsp3) is 0.636. The minimum Gasteiger partial charge on any atom is -0.393 e. The molecule has 8 nitrogen and oxygen atoms in total. The molecule has 8 heteroatoms. The van der Waals surface area contributed by atoms with Gasteiger partial charge in [-0.25, -0.2) is 0 Å². The van der Waals surface area contributed by atoms with Crippen molar-refractivity contribution in [1.82, 2.24) is 15.1 Å². The second kappa shape index (κ2) is 5.79. The van der Waals surface area contributed by atoms with E-state index in [-0.39, 0.29) is 30.3 Å². The first-order chi connectivity index (χ1) is 9.06. The molecule has 2 atom stereocenters. The van der Waals surface area contributed by atoms with Crippen molar-refractivity contribution in [1.29, 1.82) is 0 Å². The van der Waals surface area contributed by atoms with E-state index in [0.29, 0.717) is 6.54 Å². The summed E-state index contributed by atoms with van der Waals surface area (Å²) in [5.74, 6) is -0.438. The van der Waals surface area contributed by atoms with Crippen molar-refractivity contribution in [2.75, 3.05) is 6.54 Å². The van der Waals surface area contributed by atoms with Crippen molar-refractivity contribution in [3.8, 4) is 0 Å². The molecule has 1 amide bonds. The second-order valence-corrected chi connectivity index (χ2v) is 4.69. The molecular formula is C11H16N4O4. The molecule has 0 radical (unpaired) electrons. The van der Waals surface area contributed by atoms with Gasteiger partial charge in [-0.3, -0.25) is 4.79 Å². The van der Waals surface area contributed by atoms with Gasteiger partial charge in [0.2, 0.25) is 5.91 Å². The third-order valence-electron chi connectivity index (χ3n) is 3.30. The Balaban J connectivity index is 1.78. The Morgan fingerprint density at radius 2 is 2.42 bits per heavy atom. The summed E-state index contributed by atoms with van der Waals surface area (Å²) < 4.78 is 1.22. The maximum Gasteiger partial charge on any atom is 0.389 e. The van der Waals surface area contributed by atoms with Crippen molar-refractivity contribution in [3.05, 3.63) is 22.4 Å². The van der Waals surface area contributed by atoms with Crippen molar-refractivity contribution in [2.24, 2.45) is 5.92 Å². The van der Waals surface area contributed by atoms with Crippen LogP contribution in [0.5, 0.6) is 0 Å². The Bertz CT molecular complexity index is 473. The summed E-state index contributed by atoms with van der Waals surface area (Å²) in [6, 6.07) is 1.24. The predicted molar refractivity (Wildman–Crippen MR) is 65.2 cm³/mol. The first-order valence-corrected chi connectivity index (χ1v) is 6.19. The number of hydrogen-bond acceptors (Lipinski definition) is 5. The van der Waals surface area contributed by atoms with Gasteiger partial charge >= 0.3 is 5.82 Å². The summed E-state index contributed by atoms with van der Waals surface area (Å²) in [4.78, 5) is 21.5. The van der Waals surface area contributed by atoms with E-state index in [1.165, 1.54) is 16.9 Å². The van der Waals surface area contributed by atoms with Crippen LogP contribution in [0.15, 0.2) is 12.3 Å². The molecule has 104 valence electrons. The zero-order chi connectivity index (χ0) is 13.8. The molecule has 1 fully saturated rings. The molecule has 0 bridgehead atoms. The van der Waals surface area contributed by atoms with E-state index >= 15 is 0 Å². The number of rotatable bonds is 5. The molecule has 2 unspecified atom stereocenters. The van der Waals surface area contributed by atoms with Crippen molar-refractivity contribution >= 4 is 11.7 Å². The predicted octanol–water partition coefficient (Wildman–Crippen LogP) is 0.0685. The van der Waals surface area contributed by atoms with E-state index in [1.807, 2.05) is 0 Å². The SMILES string of the molecule is O=C(Cn1ccc([N+](=O)[O-])n1)NCC1CCCC1O. The summed E-state index contributed by atoms with van der Waals surface area (Å²) in [6.45, 7) is 0.375. The molecule has 1 heterocycles. The fourth-order valence-electron chi connectivity index (χ4n) is 2.24. The zero-order valence-electron chi connectivity index (χ0n) is 10.4. The highest BCUT2D eigenvalue weighted by atomic mass is 16.6. The monoisotopic (exact) mass is 268 g/mol. The number of carbonyl (C=O) groups excluding carboxylic acids is 1. The summed E-state index contributed by atoms with van der Waals surface area (Å²) in [5, 5.41) is 26.4. The number of aliphatic hydroxyl groups is 1. The van der Waals surface area contributed by atoms with E-state index in [0.717, 1.165) is 19.3 Å². The van der Waals surface area contributed by atoms with Gasteiger partial charge in [0.15, 0.2) is 0 Å². The molecule has 1 aromatic heterocycles. The molecule has 0 aromatic carbocycles. The van der Waals surface area contributed by atoms with E-state index in [4.69, 9.17) is 0 Å². The van der Waals surface area contributed by atoms with Crippen LogP contribution in [-0.4, -0.2) is 38.4 Å². The third kappa shape index (κ3) is 3.50. The van der Waals surface area contributed by atoms with E-state index < -0.39 is 4.92 Å². The van der Waals surface area contributed by atoms with Gasteiger partial charge in [0.05, 0.1) is 23.5 Å². The topological polar surface area (TPSA) is 110 Å². The van der Waals surface area contributed by atoms with Crippen LogP contribution >= 0.6 is 0 Å². The molecular weight excluding hydrogens is 252 g/mol. The molecule has 19 heavy (non-hydrogen) atoms. The molecule has 2 N–H and O–H groups in total. The zero-order valence-corrected chi connectivity index (χ0v) is 10.4. The van der Waals surface area contributed by atoms with Crippen LogP contribution < -0.4 is 5.32 Å². The Hall–Kier alpha value is -1.96. The number of aromatic nitrogens is 2. The van der Waals surface area contributed by atoms with Crippen LogP contribution in [-0.2, 0) is 11.3 Å². The van der Waals surface area contributed by atoms with Gasteiger partial charge in [-0.1, -0.05) is 6.42 Å². The van der Waals surface area contributed by atoms with Crippen LogP contribution in [0.2, 0.25) is 0 Å². The fourth-order valence-corrected chi connectivity index (χ4v) is 2.24.